The van der Waals surface area contributed by atoms with E-state index in [1.54, 1.807) is 6.20 Å². The molecule has 1 aromatic heterocycles. The molecule has 1 amide bonds. The molecule has 4 heteroatoms. The number of hydrogen-bond donors (Lipinski definition) is 1. The van der Waals surface area contributed by atoms with Gasteiger partial charge in [0, 0.05) is 41.9 Å². The van der Waals surface area contributed by atoms with Crippen LogP contribution < -0.4 is 10.1 Å². The second-order valence-corrected chi connectivity index (χ2v) is 5.93. The van der Waals surface area contributed by atoms with Crippen LogP contribution in [0.2, 0.25) is 0 Å². The first kappa shape index (κ1) is 14.7. The normalized spacial score (nSPS) is 16.5. The summed E-state index contributed by atoms with van der Waals surface area (Å²) in [5.41, 5.74) is 3.13. The summed E-state index contributed by atoms with van der Waals surface area (Å²) >= 11 is 0. The minimum absolute atomic E-state index is 0.0345. The van der Waals surface area contributed by atoms with Crippen molar-refractivity contribution < 1.29 is 9.53 Å². The molecule has 0 spiro atoms. The minimum atomic E-state index is 0.0345. The smallest absolute Gasteiger partial charge is 0.225 e. The molecule has 0 bridgehead atoms. The fraction of sp³-hybridized carbons (Fsp3) is 0.200. The van der Waals surface area contributed by atoms with E-state index < -0.39 is 0 Å². The number of rotatable bonds is 3. The first-order valence-electron chi connectivity index (χ1n) is 8.15. The number of fused-ring (bicyclic) bond motifs is 2. The molecule has 120 valence electrons. The van der Waals surface area contributed by atoms with Gasteiger partial charge in [0.15, 0.2) is 0 Å². The molecular weight excluding hydrogens is 300 g/mol. The van der Waals surface area contributed by atoms with Crippen LogP contribution in [0.25, 0.3) is 10.8 Å². The van der Waals surface area contributed by atoms with Crippen molar-refractivity contribution in [2.24, 2.45) is 0 Å². The monoisotopic (exact) mass is 318 g/mol. The Morgan fingerprint density at radius 1 is 1.21 bits per heavy atom. The molecule has 1 aliphatic rings. The van der Waals surface area contributed by atoms with Crippen molar-refractivity contribution in [3.05, 3.63) is 66.0 Å². The summed E-state index contributed by atoms with van der Waals surface area (Å²) in [6.07, 6.45) is 4.11. The molecule has 3 aromatic rings. The zero-order chi connectivity index (χ0) is 16.5. The highest BCUT2D eigenvalue weighted by Gasteiger charge is 2.27. The second kappa shape index (κ2) is 5.96. The van der Waals surface area contributed by atoms with E-state index in [1.807, 2.05) is 43.5 Å². The number of carbonyl (C=O) groups excluding carboxylic acids is 1. The molecule has 4 rings (SSSR count). The SMILES string of the molecule is CCOc1ccc2c(c1)NC(=O)CC2c1cccc2cnccc12. The fourth-order valence-corrected chi connectivity index (χ4v) is 3.43. The lowest BCUT2D eigenvalue weighted by atomic mass is 9.83. The molecule has 0 fully saturated rings. The maximum atomic E-state index is 12.3. The number of nitrogens with one attached hydrogen (secondary N) is 1. The highest BCUT2D eigenvalue weighted by molar-refractivity contribution is 5.97. The Balaban J connectivity index is 1.86. The van der Waals surface area contributed by atoms with Gasteiger partial charge in [0.05, 0.1) is 6.61 Å². The Bertz CT molecular complexity index is 915. The average Bonchev–Trinajstić information content (AvgIpc) is 2.60. The number of ether oxygens (including phenoxy) is 1. The van der Waals surface area contributed by atoms with Gasteiger partial charge in [-0.3, -0.25) is 9.78 Å². The van der Waals surface area contributed by atoms with Gasteiger partial charge in [-0.15, -0.1) is 0 Å². The summed E-state index contributed by atoms with van der Waals surface area (Å²) in [7, 11) is 0. The highest BCUT2D eigenvalue weighted by Crippen LogP contribution is 2.40. The molecule has 24 heavy (non-hydrogen) atoms. The number of amides is 1. The van der Waals surface area contributed by atoms with Gasteiger partial charge in [0.1, 0.15) is 5.75 Å². The van der Waals surface area contributed by atoms with Gasteiger partial charge in [-0.05, 0) is 35.6 Å². The molecule has 1 aliphatic heterocycles. The van der Waals surface area contributed by atoms with Crippen molar-refractivity contribution in [1.82, 2.24) is 4.98 Å². The number of benzene rings is 2. The van der Waals surface area contributed by atoms with Crippen LogP contribution in [0, 0.1) is 0 Å². The molecule has 2 aromatic carbocycles. The third-order valence-electron chi connectivity index (χ3n) is 4.46. The van der Waals surface area contributed by atoms with Crippen LogP contribution in [0.1, 0.15) is 30.4 Å². The van der Waals surface area contributed by atoms with E-state index in [0.717, 1.165) is 33.3 Å². The number of hydrogen-bond acceptors (Lipinski definition) is 3. The van der Waals surface area contributed by atoms with Gasteiger partial charge in [-0.1, -0.05) is 24.3 Å². The highest BCUT2D eigenvalue weighted by atomic mass is 16.5. The second-order valence-electron chi connectivity index (χ2n) is 5.93. The van der Waals surface area contributed by atoms with E-state index in [9.17, 15) is 4.79 Å². The Morgan fingerprint density at radius 3 is 3.00 bits per heavy atom. The summed E-state index contributed by atoms with van der Waals surface area (Å²) in [5, 5.41) is 5.21. The molecule has 0 radical (unpaired) electrons. The Morgan fingerprint density at radius 2 is 2.12 bits per heavy atom. The van der Waals surface area contributed by atoms with Crippen molar-refractivity contribution >= 4 is 22.4 Å². The van der Waals surface area contributed by atoms with Crippen molar-refractivity contribution in [3.63, 3.8) is 0 Å². The molecule has 1 N–H and O–H groups in total. The first-order valence-corrected chi connectivity index (χ1v) is 8.15. The van der Waals surface area contributed by atoms with E-state index in [0.29, 0.717) is 13.0 Å². The van der Waals surface area contributed by atoms with Crippen LogP contribution >= 0.6 is 0 Å². The van der Waals surface area contributed by atoms with Crippen LogP contribution in [0.4, 0.5) is 5.69 Å². The number of carbonyl (C=O) groups is 1. The number of pyridine rings is 1. The third kappa shape index (κ3) is 2.50. The van der Waals surface area contributed by atoms with Crippen LogP contribution in [-0.4, -0.2) is 17.5 Å². The van der Waals surface area contributed by atoms with Gasteiger partial charge in [-0.2, -0.15) is 0 Å². The quantitative estimate of drug-likeness (QED) is 0.791. The Labute approximate surface area is 140 Å². The zero-order valence-electron chi connectivity index (χ0n) is 13.5. The fourth-order valence-electron chi connectivity index (χ4n) is 3.43. The lowest BCUT2D eigenvalue weighted by Gasteiger charge is -2.27. The standard InChI is InChI=1S/C20H18N2O2/c1-2-24-14-6-7-17-18(11-20(23)22-19(17)10-14)16-5-3-4-13-12-21-9-8-15(13)16/h3-10,12,18H,2,11H2,1H3,(H,22,23). The van der Waals surface area contributed by atoms with E-state index in [1.165, 1.54) is 0 Å². The largest absolute Gasteiger partial charge is 0.494 e. The lowest BCUT2D eigenvalue weighted by Crippen LogP contribution is -2.23. The first-order chi connectivity index (χ1) is 11.8. The van der Waals surface area contributed by atoms with Gasteiger partial charge in [0.25, 0.3) is 0 Å². The third-order valence-corrected chi connectivity index (χ3v) is 4.46. The molecule has 4 nitrogen and oxygen atoms in total. The molecule has 0 aliphatic carbocycles. The number of anilines is 1. The molecular formula is C20H18N2O2. The summed E-state index contributed by atoms with van der Waals surface area (Å²) < 4.78 is 5.56. The van der Waals surface area contributed by atoms with E-state index in [4.69, 9.17) is 4.74 Å². The summed E-state index contributed by atoms with van der Waals surface area (Å²) in [4.78, 5) is 16.4. The molecule has 2 heterocycles. The topological polar surface area (TPSA) is 51.2 Å². The van der Waals surface area contributed by atoms with Crippen LogP contribution in [0.15, 0.2) is 54.9 Å². The predicted octanol–water partition coefficient (Wildman–Crippen LogP) is 4.11. The maximum Gasteiger partial charge on any atom is 0.225 e. The number of aromatic nitrogens is 1. The van der Waals surface area contributed by atoms with Crippen molar-refractivity contribution in [1.29, 1.82) is 0 Å². The lowest BCUT2D eigenvalue weighted by molar-refractivity contribution is -0.116. The average molecular weight is 318 g/mol. The summed E-state index contributed by atoms with van der Waals surface area (Å²) in [6, 6.07) is 14.1. The van der Waals surface area contributed by atoms with Crippen LogP contribution in [-0.2, 0) is 4.79 Å². The van der Waals surface area contributed by atoms with Crippen LogP contribution in [0.3, 0.4) is 0 Å². The number of nitrogens with zero attached hydrogens (tertiary/aromatic N) is 1. The van der Waals surface area contributed by atoms with Gasteiger partial charge < -0.3 is 10.1 Å². The molecule has 1 atom stereocenters. The van der Waals surface area contributed by atoms with E-state index in [-0.39, 0.29) is 11.8 Å². The van der Waals surface area contributed by atoms with Crippen molar-refractivity contribution in [2.75, 3.05) is 11.9 Å². The van der Waals surface area contributed by atoms with Crippen LogP contribution in [0.5, 0.6) is 5.75 Å². The van der Waals surface area contributed by atoms with E-state index in [2.05, 4.69) is 22.4 Å². The minimum Gasteiger partial charge on any atom is -0.494 e. The van der Waals surface area contributed by atoms with E-state index >= 15 is 0 Å². The Hall–Kier alpha value is -2.88. The predicted molar refractivity (Wildman–Crippen MR) is 94.4 cm³/mol. The van der Waals surface area contributed by atoms with Gasteiger partial charge in [0.2, 0.25) is 5.91 Å². The van der Waals surface area contributed by atoms with Gasteiger partial charge in [-0.25, -0.2) is 0 Å². The Kier molecular flexibility index (Phi) is 3.65. The molecule has 0 saturated carbocycles. The van der Waals surface area contributed by atoms with Crippen molar-refractivity contribution in [3.8, 4) is 5.75 Å². The van der Waals surface area contributed by atoms with Gasteiger partial charge >= 0.3 is 0 Å². The zero-order valence-corrected chi connectivity index (χ0v) is 13.5. The summed E-state index contributed by atoms with van der Waals surface area (Å²) in [5.74, 6) is 0.849. The molecule has 0 saturated heterocycles. The summed E-state index contributed by atoms with van der Waals surface area (Å²) in [6.45, 7) is 2.55. The molecule has 1 unspecified atom stereocenters. The maximum absolute atomic E-state index is 12.3. The van der Waals surface area contributed by atoms with Crippen molar-refractivity contribution in [2.45, 2.75) is 19.3 Å².